The average Bonchev–Trinajstić information content (AvgIpc) is 2.38. The third-order valence-electron chi connectivity index (χ3n) is 2.90. The summed E-state index contributed by atoms with van der Waals surface area (Å²) >= 11 is 5.57. The molecule has 0 aliphatic heterocycles. The van der Waals surface area contributed by atoms with Crippen molar-refractivity contribution in [3.8, 4) is 0 Å². The van der Waals surface area contributed by atoms with E-state index in [9.17, 15) is 13.2 Å². The number of aryl methyl sites for hydroxylation is 1. The van der Waals surface area contributed by atoms with Crippen LogP contribution in [0.3, 0.4) is 0 Å². The van der Waals surface area contributed by atoms with Crippen molar-refractivity contribution >= 4 is 17.3 Å². The molecular formula is C14H12ClF3N2. The number of pyridine rings is 1. The van der Waals surface area contributed by atoms with Gasteiger partial charge in [-0.15, -0.1) is 0 Å². The number of hydrogen-bond donors (Lipinski definition) is 1. The molecule has 2 nitrogen and oxygen atoms in total. The number of hydrogen-bond acceptors (Lipinski definition) is 2. The second kappa shape index (κ2) is 5.71. The van der Waals surface area contributed by atoms with Crippen molar-refractivity contribution in [3.63, 3.8) is 0 Å². The summed E-state index contributed by atoms with van der Waals surface area (Å²) in [6.45, 7) is 2.32. The van der Waals surface area contributed by atoms with E-state index in [4.69, 9.17) is 11.6 Å². The zero-order valence-corrected chi connectivity index (χ0v) is 11.4. The molecule has 1 N–H and O–H groups in total. The van der Waals surface area contributed by atoms with Crippen LogP contribution in [0, 0.1) is 6.92 Å². The number of nitrogens with zero attached hydrogens (tertiary/aromatic N) is 1. The summed E-state index contributed by atoms with van der Waals surface area (Å²) in [7, 11) is 0. The molecule has 0 bridgehead atoms. The molecule has 0 spiro atoms. The van der Waals surface area contributed by atoms with Crippen LogP contribution in [-0.4, -0.2) is 4.98 Å². The fourth-order valence-electron chi connectivity index (χ4n) is 1.73. The first-order valence-corrected chi connectivity index (χ1v) is 6.26. The van der Waals surface area contributed by atoms with Crippen LogP contribution in [0.15, 0.2) is 36.7 Å². The van der Waals surface area contributed by atoms with Crippen molar-refractivity contribution in [2.45, 2.75) is 19.6 Å². The Labute approximate surface area is 119 Å². The second-order valence-corrected chi connectivity index (χ2v) is 4.76. The van der Waals surface area contributed by atoms with Crippen molar-refractivity contribution < 1.29 is 13.2 Å². The van der Waals surface area contributed by atoms with E-state index in [0.29, 0.717) is 12.2 Å². The molecule has 1 aromatic carbocycles. The lowest BCUT2D eigenvalue weighted by molar-refractivity contribution is -0.137. The highest BCUT2D eigenvalue weighted by Gasteiger charge is 2.33. The van der Waals surface area contributed by atoms with E-state index in [1.807, 2.05) is 13.0 Å². The minimum Gasteiger partial charge on any atom is -0.381 e. The van der Waals surface area contributed by atoms with Gasteiger partial charge in [0.1, 0.15) is 0 Å². The number of benzene rings is 1. The normalized spacial score (nSPS) is 11.4. The highest BCUT2D eigenvalue weighted by atomic mass is 35.5. The van der Waals surface area contributed by atoms with Crippen LogP contribution >= 0.6 is 11.6 Å². The summed E-state index contributed by atoms with van der Waals surface area (Å²) in [6, 6.07) is 5.61. The average molecular weight is 301 g/mol. The molecule has 2 rings (SSSR count). The van der Waals surface area contributed by atoms with E-state index in [1.54, 1.807) is 12.4 Å². The molecule has 0 radical (unpaired) electrons. The number of alkyl halides is 3. The summed E-state index contributed by atoms with van der Waals surface area (Å²) in [4.78, 5) is 3.99. The van der Waals surface area contributed by atoms with Crippen molar-refractivity contribution in [3.05, 3.63) is 58.4 Å². The Kier molecular flexibility index (Phi) is 4.18. The molecule has 6 heteroatoms. The minimum absolute atomic E-state index is 0.305. The third-order valence-corrected chi connectivity index (χ3v) is 3.23. The maximum atomic E-state index is 12.7. The molecule has 0 aliphatic rings. The lowest BCUT2D eigenvalue weighted by Gasteiger charge is -2.13. The molecule has 0 atom stereocenters. The largest absolute Gasteiger partial charge is 0.417 e. The van der Waals surface area contributed by atoms with Gasteiger partial charge in [-0.2, -0.15) is 13.2 Å². The Bertz CT molecular complexity index is 612. The lowest BCUT2D eigenvalue weighted by Crippen LogP contribution is -2.08. The maximum absolute atomic E-state index is 12.7. The van der Waals surface area contributed by atoms with Gasteiger partial charge in [0.15, 0.2) is 0 Å². The van der Waals surface area contributed by atoms with Crippen LogP contribution in [0.1, 0.15) is 16.7 Å². The van der Waals surface area contributed by atoms with Crippen molar-refractivity contribution in [1.29, 1.82) is 0 Å². The molecule has 0 amide bonds. The molecule has 0 saturated heterocycles. The fourth-order valence-corrected chi connectivity index (χ4v) is 1.96. The predicted molar refractivity (Wildman–Crippen MR) is 72.8 cm³/mol. The molecular weight excluding hydrogens is 289 g/mol. The lowest BCUT2D eigenvalue weighted by atomic mass is 10.1. The van der Waals surface area contributed by atoms with Crippen molar-refractivity contribution in [1.82, 2.24) is 4.98 Å². The maximum Gasteiger partial charge on any atom is 0.417 e. The van der Waals surface area contributed by atoms with Gasteiger partial charge in [-0.25, -0.2) is 0 Å². The standard InChI is InChI=1S/C14H12ClF3N2/c1-9-4-5-19-7-10(9)8-20-11-2-3-13(15)12(6-11)14(16,17)18/h2-7,20H,8H2,1H3. The van der Waals surface area contributed by atoms with E-state index < -0.39 is 11.7 Å². The summed E-state index contributed by atoms with van der Waals surface area (Å²) < 4.78 is 38.2. The zero-order chi connectivity index (χ0) is 14.8. The van der Waals surface area contributed by atoms with Crippen LogP contribution in [0.25, 0.3) is 0 Å². The molecule has 0 fully saturated rings. The van der Waals surface area contributed by atoms with Gasteiger partial charge < -0.3 is 5.32 Å². The third kappa shape index (κ3) is 3.42. The smallest absolute Gasteiger partial charge is 0.381 e. The van der Waals surface area contributed by atoms with Crippen LogP contribution in [-0.2, 0) is 12.7 Å². The highest BCUT2D eigenvalue weighted by Crippen LogP contribution is 2.36. The summed E-state index contributed by atoms with van der Waals surface area (Å²) in [5.41, 5.74) is 1.48. The van der Waals surface area contributed by atoms with E-state index in [-0.39, 0.29) is 5.02 Å². The van der Waals surface area contributed by atoms with E-state index in [2.05, 4.69) is 10.3 Å². The molecule has 1 heterocycles. The summed E-state index contributed by atoms with van der Waals surface area (Å²) in [5.74, 6) is 0. The van der Waals surface area contributed by atoms with Crippen LogP contribution in [0.5, 0.6) is 0 Å². The summed E-state index contributed by atoms with van der Waals surface area (Å²) in [5, 5.41) is 2.64. The highest BCUT2D eigenvalue weighted by molar-refractivity contribution is 6.31. The van der Waals surface area contributed by atoms with E-state index in [1.165, 1.54) is 12.1 Å². The Morgan fingerprint density at radius 2 is 2.00 bits per heavy atom. The molecule has 0 saturated carbocycles. The Morgan fingerprint density at radius 1 is 1.25 bits per heavy atom. The topological polar surface area (TPSA) is 24.9 Å². The number of halogens is 4. The Hall–Kier alpha value is -1.75. The van der Waals surface area contributed by atoms with Gasteiger partial charge in [0.05, 0.1) is 10.6 Å². The van der Waals surface area contributed by atoms with Crippen LogP contribution < -0.4 is 5.32 Å². The Balaban J connectivity index is 2.17. The molecule has 0 unspecified atom stereocenters. The number of rotatable bonds is 3. The summed E-state index contributed by atoms with van der Waals surface area (Å²) in [6.07, 6.45) is -1.11. The van der Waals surface area contributed by atoms with Gasteiger partial charge in [-0.1, -0.05) is 11.6 Å². The number of anilines is 1. The molecule has 20 heavy (non-hydrogen) atoms. The monoisotopic (exact) mass is 300 g/mol. The predicted octanol–water partition coefficient (Wildman–Crippen LogP) is 4.67. The minimum atomic E-state index is -4.46. The SMILES string of the molecule is Cc1ccncc1CNc1ccc(Cl)c(C(F)(F)F)c1. The van der Waals surface area contributed by atoms with E-state index in [0.717, 1.165) is 17.2 Å². The first-order valence-electron chi connectivity index (χ1n) is 5.88. The first kappa shape index (κ1) is 14.7. The van der Waals surface area contributed by atoms with Gasteiger partial charge in [-0.3, -0.25) is 4.98 Å². The van der Waals surface area contributed by atoms with Gasteiger partial charge >= 0.3 is 6.18 Å². The van der Waals surface area contributed by atoms with Crippen LogP contribution in [0.4, 0.5) is 18.9 Å². The Morgan fingerprint density at radius 3 is 2.65 bits per heavy atom. The van der Waals surface area contributed by atoms with Crippen molar-refractivity contribution in [2.24, 2.45) is 0 Å². The van der Waals surface area contributed by atoms with Gasteiger partial charge in [0.2, 0.25) is 0 Å². The second-order valence-electron chi connectivity index (χ2n) is 4.35. The molecule has 1 aromatic heterocycles. The quantitative estimate of drug-likeness (QED) is 0.890. The number of aromatic nitrogens is 1. The zero-order valence-electron chi connectivity index (χ0n) is 10.6. The van der Waals surface area contributed by atoms with Crippen molar-refractivity contribution in [2.75, 3.05) is 5.32 Å². The van der Waals surface area contributed by atoms with Gasteiger partial charge in [0.25, 0.3) is 0 Å². The van der Waals surface area contributed by atoms with Gasteiger partial charge in [0, 0.05) is 24.6 Å². The fraction of sp³-hybridized carbons (Fsp3) is 0.214. The van der Waals surface area contributed by atoms with Crippen LogP contribution in [0.2, 0.25) is 5.02 Å². The first-order chi connectivity index (χ1) is 9.38. The van der Waals surface area contributed by atoms with E-state index >= 15 is 0 Å². The molecule has 106 valence electrons. The van der Waals surface area contributed by atoms with Gasteiger partial charge in [-0.05, 0) is 42.3 Å². The number of nitrogens with one attached hydrogen (secondary N) is 1. The molecule has 0 aliphatic carbocycles. The molecule has 2 aromatic rings.